The summed E-state index contributed by atoms with van der Waals surface area (Å²) in [5.74, 6) is 0.836. The molecule has 0 aromatic heterocycles. The van der Waals surface area contributed by atoms with Gasteiger partial charge >= 0.3 is 11.9 Å². The van der Waals surface area contributed by atoms with Crippen molar-refractivity contribution in [1.82, 2.24) is 0 Å². The van der Waals surface area contributed by atoms with Crippen molar-refractivity contribution in [2.75, 3.05) is 24.7 Å². The van der Waals surface area contributed by atoms with Crippen LogP contribution < -0.4 is 0 Å². The largest absolute Gasteiger partial charge is 0.465 e. The third kappa shape index (κ3) is 66.0. The fourth-order valence-corrected chi connectivity index (χ4v) is 3.78. The summed E-state index contributed by atoms with van der Waals surface area (Å²) in [5, 5.41) is 0. The molecule has 0 fully saturated rings. The Balaban J connectivity index is -0.000000175. The molecule has 256 valence electrons. The Morgan fingerprint density at radius 1 is 0.465 bits per heavy atom. The molecule has 0 aliphatic rings. The van der Waals surface area contributed by atoms with Crippen LogP contribution in [0, 0.1) is 13.8 Å². The van der Waals surface area contributed by atoms with Crippen LogP contribution in [0.4, 0.5) is 0 Å². The molecule has 4 nitrogen and oxygen atoms in total. The third-order valence-corrected chi connectivity index (χ3v) is 6.70. The maximum absolute atomic E-state index is 11.1. The molecule has 0 N–H and O–H groups in total. The Bertz CT molecular complexity index is 436. The van der Waals surface area contributed by atoms with E-state index in [0.29, 0.717) is 37.6 Å². The Kier molecular flexibility index (Phi) is 67.6. The first-order valence-corrected chi connectivity index (χ1v) is 18.7. The summed E-state index contributed by atoms with van der Waals surface area (Å²) in [6.45, 7) is 16.7. The number of unbranched alkanes of at least 4 members (excludes halogenated alkanes) is 18. The Hall–Kier alpha value is 0.439. The molecule has 8 radical (unpaired) electrons. The molecule has 0 aliphatic carbocycles. The minimum Gasteiger partial charge on any atom is -0.465 e. The van der Waals surface area contributed by atoms with E-state index in [2.05, 4.69) is 41.5 Å². The predicted octanol–water partition coefficient (Wildman–Crippen LogP) is 12.2. The van der Waals surface area contributed by atoms with E-state index in [0.717, 1.165) is 38.5 Å². The average Bonchev–Trinajstić information content (AvgIpc) is 3.01. The first-order chi connectivity index (χ1) is 20.4. The van der Waals surface area contributed by atoms with Crippen LogP contribution in [0.15, 0.2) is 0 Å². The number of hydrogen-bond acceptors (Lipinski definition) is 4. The van der Waals surface area contributed by atoms with E-state index in [1.165, 1.54) is 103 Å². The van der Waals surface area contributed by atoms with Crippen LogP contribution in [0.25, 0.3) is 0 Å². The van der Waals surface area contributed by atoms with Gasteiger partial charge in [0.05, 0.1) is 0 Å². The summed E-state index contributed by atoms with van der Waals surface area (Å²) < 4.78 is 9.84. The molecule has 0 bridgehead atoms. The van der Waals surface area contributed by atoms with Gasteiger partial charge in [-0.25, -0.2) is 0 Å². The second kappa shape index (κ2) is 54.9. The van der Waals surface area contributed by atoms with Crippen molar-refractivity contribution < 1.29 is 19.1 Å². The zero-order valence-corrected chi connectivity index (χ0v) is 33.6. The van der Waals surface area contributed by atoms with Crippen molar-refractivity contribution in [3.63, 3.8) is 0 Å². The minimum absolute atomic E-state index is 0. The Labute approximate surface area is 298 Å². The van der Waals surface area contributed by atoms with Gasteiger partial charge in [0.25, 0.3) is 0 Å². The van der Waals surface area contributed by atoms with E-state index in [9.17, 15) is 9.59 Å². The normalized spacial score (nSPS) is 9.67. The summed E-state index contributed by atoms with van der Waals surface area (Å²) in [6, 6.07) is 0. The van der Waals surface area contributed by atoms with Gasteiger partial charge in [-0.15, -0.1) is 0 Å². The van der Waals surface area contributed by atoms with Crippen LogP contribution in [0.5, 0.6) is 0 Å². The second-order valence-corrected chi connectivity index (χ2v) is 11.5. The summed E-state index contributed by atoms with van der Waals surface area (Å²) in [6.07, 6.45) is 28.6. The smallest absolute Gasteiger partial charge is 0.305 e. The van der Waals surface area contributed by atoms with Gasteiger partial charge in [0.15, 0.2) is 0 Å². The van der Waals surface area contributed by atoms with Gasteiger partial charge in [0.1, 0.15) is 13.2 Å². The van der Waals surface area contributed by atoms with E-state index in [1.807, 2.05) is 0 Å². The molecule has 0 unspecified atom stereocenters. The van der Waals surface area contributed by atoms with Gasteiger partial charge < -0.3 is 9.47 Å². The summed E-state index contributed by atoms with van der Waals surface area (Å²) >= 11 is 9.41. The summed E-state index contributed by atoms with van der Waals surface area (Å²) in [7, 11) is 0. The number of rotatable bonds is 26. The van der Waals surface area contributed by atoms with Crippen molar-refractivity contribution in [3.8, 4) is 0 Å². The topological polar surface area (TPSA) is 52.6 Å². The number of esters is 2. The number of ether oxygens (including phenoxy) is 2. The van der Waals surface area contributed by atoms with Crippen molar-refractivity contribution >= 4 is 61.1 Å². The Morgan fingerprint density at radius 3 is 0.907 bits per heavy atom. The minimum atomic E-state index is -0.0854. The molecule has 0 saturated heterocycles. The van der Waals surface area contributed by atoms with Gasteiger partial charge in [-0.2, -0.15) is 0 Å². The molecule has 7 heteroatoms. The van der Waals surface area contributed by atoms with Crippen LogP contribution in [0.3, 0.4) is 0 Å². The zero-order chi connectivity index (χ0) is 32.4. The third-order valence-electron chi connectivity index (χ3n) is 6.37. The molecular weight excluding hydrogens is 679 g/mol. The number of hydrogen-bond donors (Lipinski definition) is 0. The van der Waals surface area contributed by atoms with Crippen molar-refractivity contribution in [2.45, 2.75) is 182 Å². The maximum atomic E-state index is 11.1. The molecule has 0 heterocycles. The van der Waals surface area contributed by atoms with Crippen molar-refractivity contribution in [1.29, 1.82) is 0 Å². The molecule has 0 aromatic carbocycles. The van der Waals surface area contributed by atoms with Crippen molar-refractivity contribution in [3.05, 3.63) is 13.8 Å². The molecule has 0 aromatic rings. The first-order valence-electron chi connectivity index (χ1n) is 17.5. The van der Waals surface area contributed by atoms with Gasteiger partial charge in [0.2, 0.25) is 0 Å². The van der Waals surface area contributed by atoms with E-state index in [1.54, 1.807) is 0 Å². The van der Waals surface area contributed by atoms with Gasteiger partial charge in [-0.05, 0) is 12.8 Å². The van der Waals surface area contributed by atoms with Gasteiger partial charge in [-0.1, -0.05) is 195 Å². The number of carbonyl (C=O) groups is 2. The molecular formula is C36H72O4S2Sn. The molecule has 0 atom stereocenters. The first kappa shape index (κ1) is 52.9. The standard InChI is InChI=1S/2C14H27O2S.2C4H9.Sn/c2*1-2-3-4-5-6-7-8-9-10-11-14(15)16-12-13-17;2*1-3-4-2;/h2*2-13H2,1H3;2*1,3-4H2,2H3;. The van der Waals surface area contributed by atoms with Crippen LogP contribution in [-0.2, 0) is 19.1 Å². The van der Waals surface area contributed by atoms with Gasteiger partial charge in [-0.3, -0.25) is 9.59 Å². The van der Waals surface area contributed by atoms with Crippen molar-refractivity contribution in [2.24, 2.45) is 0 Å². The van der Waals surface area contributed by atoms with Gasteiger partial charge in [0, 0.05) is 48.3 Å². The Morgan fingerprint density at radius 2 is 0.698 bits per heavy atom. The number of carbonyl (C=O) groups excluding carboxylic acids is 2. The second-order valence-electron chi connectivity index (χ2n) is 10.7. The zero-order valence-electron chi connectivity index (χ0n) is 29.2. The van der Waals surface area contributed by atoms with Crippen LogP contribution in [0.2, 0.25) is 0 Å². The fraction of sp³-hybridized carbons (Fsp3) is 0.889. The molecule has 0 rings (SSSR count). The molecule has 0 aliphatic heterocycles. The molecule has 0 saturated carbocycles. The monoisotopic (exact) mass is 752 g/mol. The summed E-state index contributed by atoms with van der Waals surface area (Å²) in [5.41, 5.74) is 0. The predicted molar refractivity (Wildman–Crippen MR) is 197 cm³/mol. The van der Waals surface area contributed by atoms with E-state index in [4.69, 9.17) is 34.7 Å². The van der Waals surface area contributed by atoms with Crippen LogP contribution in [0.1, 0.15) is 182 Å². The molecule has 43 heavy (non-hydrogen) atoms. The van der Waals surface area contributed by atoms with E-state index < -0.39 is 0 Å². The fourth-order valence-electron chi connectivity index (χ4n) is 3.62. The SMILES string of the molecule is CCCCCCCCCCCC(=O)OCC[S].CCCCCCCCCCCC(=O)OCC[S].[CH2]CCC.[CH2]CCC.[Sn]. The van der Waals surface area contributed by atoms with E-state index in [-0.39, 0.29) is 35.8 Å². The maximum Gasteiger partial charge on any atom is 0.305 e. The molecule has 0 spiro atoms. The molecule has 0 amide bonds. The summed E-state index contributed by atoms with van der Waals surface area (Å²) in [4.78, 5) is 22.3. The van der Waals surface area contributed by atoms with E-state index >= 15 is 0 Å². The van der Waals surface area contributed by atoms with Crippen LogP contribution in [-0.4, -0.2) is 60.6 Å². The van der Waals surface area contributed by atoms with Crippen LogP contribution >= 0.6 is 25.3 Å². The average molecular weight is 752 g/mol. The quantitative estimate of drug-likeness (QED) is 0.0502.